The molecule has 1 aromatic carbocycles. The predicted octanol–water partition coefficient (Wildman–Crippen LogP) is 2.23. The summed E-state index contributed by atoms with van der Waals surface area (Å²) in [6.07, 6.45) is 3.11. The van der Waals surface area contributed by atoms with Crippen molar-refractivity contribution in [2.45, 2.75) is 30.9 Å². The van der Waals surface area contributed by atoms with Gasteiger partial charge < -0.3 is 24.3 Å². The zero-order valence-electron chi connectivity index (χ0n) is 18.2. The number of hydrogen-bond acceptors (Lipinski definition) is 6. The quantitative estimate of drug-likeness (QED) is 0.498. The minimum atomic E-state index is -3.76. The summed E-state index contributed by atoms with van der Waals surface area (Å²) in [6.45, 7) is 7.09. The molecule has 0 spiro atoms. The number of rotatable bonds is 12. The SMILES string of the molecule is C=CCN(Cc1cnc(S(=O)(=O)Cc2cccc(OC)c2)n1CCOC)C(=O)NCC. The highest BCUT2D eigenvalue weighted by atomic mass is 32.2. The molecule has 2 aromatic rings. The van der Waals surface area contributed by atoms with E-state index in [4.69, 9.17) is 9.47 Å². The summed E-state index contributed by atoms with van der Waals surface area (Å²) >= 11 is 0. The first kappa shape index (κ1) is 24.4. The summed E-state index contributed by atoms with van der Waals surface area (Å²) in [6, 6.07) is 6.64. The lowest BCUT2D eigenvalue weighted by Gasteiger charge is -2.22. The summed E-state index contributed by atoms with van der Waals surface area (Å²) in [5, 5.41) is 2.69. The van der Waals surface area contributed by atoms with E-state index in [1.54, 1.807) is 42.0 Å². The van der Waals surface area contributed by atoms with E-state index in [1.807, 2.05) is 6.92 Å². The van der Waals surface area contributed by atoms with Gasteiger partial charge in [-0.15, -0.1) is 6.58 Å². The fourth-order valence-electron chi connectivity index (χ4n) is 3.07. The van der Waals surface area contributed by atoms with Gasteiger partial charge in [0.1, 0.15) is 5.75 Å². The number of aromatic nitrogens is 2. The van der Waals surface area contributed by atoms with Gasteiger partial charge in [-0.2, -0.15) is 0 Å². The van der Waals surface area contributed by atoms with Crippen LogP contribution in [-0.4, -0.2) is 62.8 Å². The molecule has 1 aromatic heterocycles. The molecule has 31 heavy (non-hydrogen) atoms. The maximum absolute atomic E-state index is 13.2. The molecule has 0 saturated carbocycles. The summed E-state index contributed by atoms with van der Waals surface area (Å²) in [4.78, 5) is 18.1. The molecule has 0 aliphatic rings. The Labute approximate surface area is 183 Å². The van der Waals surface area contributed by atoms with Crippen LogP contribution < -0.4 is 10.1 Å². The topological polar surface area (TPSA) is 103 Å². The molecule has 0 saturated heterocycles. The Balaban J connectivity index is 2.37. The van der Waals surface area contributed by atoms with Crippen LogP contribution in [-0.2, 0) is 33.4 Å². The van der Waals surface area contributed by atoms with Gasteiger partial charge in [-0.1, -0.05) is 18.2 Å². The van der Waals surface area contributed by atoms with E-state index >= 15 is 0 Å². The largest absolute Gasteiger partial charge is 0.497 e. The number of hydrogen-bond donors (Lipinski definition) is 1. The van der Waals surface area contributed by atoms with Gasteiger partial charge in [-0.3, -0.25) is 0 Å². The summed E-state index contributed by atoms with van der Waals surface area (Å²) in [7, 11) is -0.685. The number of carbonyl (C=O) groups excluding carboxylic acids is 1. The van der Waals surface area contributed by atoms with Crippen molar-refractivity contribution in [2.24, 2.45) is 0 Å². The first-order chi connectivity index (χ1) is 14.9. The van der Waals surface area contributed by atoms with Gasteiger partial charge in [-0.25, -0.2) is 18.2 Å². The van der Waals surface area contributed by atoms with Crippen LogP contribution in [0.5, 0.6) is 5.75 Å². The minimum Gasteiger partial charge on any atom is -0.497 e. The number of urea groups is 1. The number of methoxy groups -OCH3 is 2. The van der Waals surface area contributed by atoms with Crippen LogP contribution in [0.4, 0.5) is 4.79 Å². The highest BCUT2D eigenvalue weighted by Crippen LogP contribution is 2.21. The first-order valence-electron chi connectivity index (χ1n) is 9.89. The minimum absolute atomic E-state index is 0.0585. The fourth-order valence-corrected chi connectivity index (χ4v) is 4.57. The summed E-state index contributed by atoms with van der Waals surface area (Å²) in [5.74, 6) is 0.360. The predicted molar refractivity (Wildman–Crippen MR) is 118 cm³/mol. The van der Waals surface area contributed by atoms with E-state index < -0.39 is 9.84 Å². The van der Waals surface area contributed by atoms with Gasteiger partial charge in [0.25, 0.3) is 0 Å². The normalized spacial score (nSPS) is 11.2. The fraction of sp³-hybridized carbons (Fsp3) is 0.429. The van der Waals surface area contributed by atoms with Crippen LogP contribution in [0.2, 0.25) is 0 Å². The van der Waals surface area contributed by atoms with Gasteiger partial charge in [0.05, 0.1) is 37.9 Å². The van der Waals surface area contributed by atoms with Gasteiger partial charge in [0.15, 0.2) is 0 Å². The van der Waals surface area contributed by atoms with Crippen molar-refractivity contribution in [3.8, 4) is 5.75 Å². The molecular formula is C21H30N4O5S. The maximum atomic E-state index is 13.2. The molecular weight excluding hydrogens is 420 g/mol. The van der Waals surface area contributed by atoms with Crippen LogP contribution >= 0.6 is 0 Å². The molecule has 9 nitrogen and oxygen atoms in total. The van der Waals surface area contributed by atoms with Gasteiger partial charge in [-0.05, 0) is 24.6 Å². The number of imidazole rings is 1. The Morgan fingerprint density at radius 3 is 2.77 bits per heavy atom. The average Bonchev–Trinajstić information content (AvgIpc) is 3.15. The smallest absolute Gasteiger partial charge is 0.318 e. The molecule has 0 fully saturated rings. The third-order valence-electron chi connectivity index (χ3n) is 4.51. The zero-order chi connectivity index (χ0) is 22.9. The Bertz CT molecular complexity index is 987. The molecule has 2 amide bonds. The third-order valence-corrected chi connectivity index (χ3v) is 6.10. The zero-order valence-corrected chi connectivity index (χ0v) is 19.0. The van der Waals surface area contributed by atoms with Crippen molar-refractivity contribution < 1.29 is 22.7 Å². The molecule has 1 N–H and O–H groups in total. The van der Waals surface area contributed by atoms with Crippen LogP contribution in [0.15, 0.2) is 48.3 Å². The van der Waals surface area contributed by atoms with E-state index in [1.165, 1.54) is 18.2 Å². The van der Waals surface area contributed by atoms with Gasteiger partial charge in [0.2, 0.25) is 15.0 Å². The molecule has 0 unspecified atom stereocenters. The number of nitrogens with one attached hydrogen (secondary N) is 1. The number of sulfone groups is 1. The molecule has 10 heteroatoms. The lowest BCUT2D eigenvalue weighted by molar-refractivity contribution is 0.180. The van der Waals surface area contributed by atoms with Crippen LogP contribution in [0.25, 0.3) is 0 Å². The second kappa shape index (κ2) is 11.5. The van der Waals surface area contributed by atoms with E-state index in [2.05, 4.69) is 16.9 Å². The average molecular weight is 451 g/mol. The number of amides is 2. The van der Waals surface area contributed by atoms with Gasteiger partial charge in [0, 0.05) is 26.7 Å². The highest BCUT2D eigenvalue weighted by molar-refractivity contribution is 7.90. The van der Waals surface area contributed by atoms with E-state index in [-0.39, 0.29) is 30.0 Å². The molecule has 0 atom stereocenters. The number of benzene rings is 1. The van der Waals surface area contributed by atoms with E-state index in [0.29, 0.717) is 36.7 Å². The van der Waals surface area contributed by atoms with Crippen LogP contribution in [0.1, 0.15) is 18.2 Å². The van der Waals surface area contributed by atoms with Crippen molar-refractivity contribution in [1.82, 2.24) is 19.8 Å². The Kier molecular flexibility index (Phi) is 9.07. The molecule has 0 radical (unpaired) electrons. The number of carbonyl (C=O) groups is 1. The van der Waals surface area contributed by atoms with Gasteiger partial charge >= 0.3 is 6.03 Å². The van der Waals surface area contributed by atoms with Crippen molar-refractivity contribution in [1.29, 1.82) is 0 Å². The second-order valence-corrected chi connectivity index (χ2v) is 8.68. The maximum Gasteiger partial charge on any atom is 0.318 e. The Morgan fingerprint density at radius 2 is 2.13 bits per heavy atom. The van der Waals surface area contributed by atoms with E-state index in [9.17, 15) is 13.2 Å². The summed E-state index contributed by atoms with van der Waals surface area (Å²) < 4.78 is 38.3. The number of nitrogens with zero attached hydrogens (tertiary/aromatic N) is 3. The van der Waals surface area contributed by atoms with Crippen molar-refractivity contribution in [3.05, 3.63) is 54.4 Å². The van der Waals surface area contributed by atoms with Crippen molar-refractivity contribution in [2.75, 3.05) is 33.9 Å². The van der Waals surface area contributed by atoms with E-state index in [0.717, 1.165) is 0 Å². The second-order valence-electron chi connectivity index (χ2n) is 6.79. The highest BCUT2D eigenvalue weighted by Gasteiger charge is 2.25. The van der Waals surface area contributed by atoms with Crippen LogP contribution in [0.3, 0.4) is 0 Å². The molecule has 0 bridgehead atoms. The lowest BCUT2D eigenvalue weighted by atomic mass is 10.2. The molecule has 2 rings (SSSR count). The van der Waals surface area contributed by atoms with Crippen molar-refractivity contribution >= 4 is 15.9 Å². The molecule has 0 aliphatic heterocycles. The third kappa shape index (κ3) is 6.56. The molecule has 1 heterocycles. The summed E-state index contributed by atoms with van der Waals surface area (Å²) in [5.41, 5.74) is 1.19. The Morgan fingerprint density at radius 1 is 1.35 bits per heavy atom. The number of ether oxygens (including phenoxy) is 2. The molecule has 0 aliphatic carbocycles. The first-order valence-corrected chi connectivity index (χ1v) is 11.5. The monoisotopic (exact) mass is 450 g/mol. The molecule has 170 valence electrons. The lowest BCUT2D eigenvalue weighted by Crippen LogP contribution is -2.40. The standard InChI is InChI=1S/C21H30N4O5S/c1-5-10-24(20(26)22-6-2)15-18-14-23-21(25(18)11-12-29-3)31(27,28)16-17-8-7-9-19(13-17)30-4/h5,7-9,13-14H,1,6,10-12,15-16H2,2-4H3,(H,22,26). The Hall–Kier alpha value is -2.85. The van der Waals surface area contributed by atoms with Crippen LogP contribution in [0, 0.1) is 0 Å². The van der Waals surface area contributed by atoms with Crippen molar-refractivity contribution in [3.63, 3.8) is 0 Å².